The molecular formula is C16H23N3O3S. The zero-order valence-electron chi connectivity index (χ0n) is 13.4. The van der Waals surface area contributed by atoms with Crippen LogP contribution in [0.2, 0.25) is 0 Å². The molecule has 1 aromatic rings. The van der Waals surface area contributed by atoms with Gasteiger partial charge < -0.3 is 10.2 Å². The third-order valence-corrected chi connectivity index (χ3v) is 6.10. The number of urea groups is 1. The van der Waals surface area contributed by atoms with Crippen LogP contribution in [0.25, 0.3) is 0 Å². The van der Waals surface area contributed by atoms with Crippen LogP contribution in [0.4, 0.5) is 10.5 Å². The number of piperidine rings is 1. The quantitative estimate of drug-likeness (QED) is 0.897. The highest BCUT2D eigenvalue weighted by Gasteiger charge is 2.44. The van der Waals surface area contributed by atoms with Crippen molar-refractivity contribution in [3.05, 3.63) is 30.3 Å². The predicted octanol–water partition coefficient (Wildman–Crippen LogP) is 1.97. The minimum atomic E-state index is -3.16. The van der Waals surface area contributed by atoms with E-state index in [-0.39, 0.29) is 11.4 Å². The van der Waals surface area contributed by atoms with Crippen LogP contribution in [-0.4, -0.2) is 56.1 Å². The maximum atomic E-state index is 12.4. The molecule has 0 saturated carbocycles. The molecule has 1 N–H and O–H groups in total. The molecule has 1 aromatic carbocycles. The monoisotopic (exact) mass is 337 g/mol. The number of rotatable bonds is 2. The van der Waals surface area contributed by atoms with Gasteiger partial charge in [0.1, 0.15) is 0 Å². The molecule has 2 fully saturated rings. The Morgan fingerprint density at radius 1 is 1.13 bits per heavy atom. The number of carbonyl (C=O) groups excluding carboxylic acids is 1. The number of nitrogens with one attached hydrogen (secondary N) is 1. The van der Waals surface area contributed by atoms with Crippen molar-refractivity contribution in [2.75, 3.05) is 37.8 Å². The van der Waals surface area contributed by atoms with E-state index in [9.17, 15) is 13.2 Å². The first-order valence-corrected chi connectivity index (χ1v) is 9.79. The van der Waals surface area contributed by atoms with Gasteiger partial charge in [-0.3, -0.25) is 0 Å². The lowest BCUT2D eigenvalue weighted by Crippen LogP contribution is -2.47. The predicted molar refractivity (Wildman–Crippen MR) is 89.7 cm³/mol. The zero-order chi connectivity index (χ0) is 16.5. The van der Waals surface area contributed by atoms with Crippen molar-refractivity contribution in [3.8, 4) is 0 Å². The second-order valence-corrected chi connectivity index (χ2v) is 8.65. The summed E-state index contributed by atoms with van der Waals surface area (Å²) < 4.78 is 25.2. The molecule has 0 radical (unpaired) electrons. The van der Waals surface area contributed by atoms with E-state index < -0.39 is 10.0 Å². The molecule has 0 bridgehead atoms. The van der Waals surface area contributed by atoms with Gasteiger partial charge in [0, 0.05) is 37.3 Å². The second-order valence-electron chi connectivity index (χ2n) is 6.67. The molecule has 23 heavy (non-hydrogen) atoms. The molecule has 0 unspecified atom stereocenters. The third kappa shape index (κ3) is 3.67. The Labute approximate surface area is 137 Å². The van der Waals surface area contributed by atoms with Crippen LogP contribution < -0.4 is 5.32 Å². The third-order valence-electron chi connectivity index (χ3n) is 4.85. The maximum Gasteiger partial charge on any atom is 0.321 e. The number of likely N-dealkylation sites (tertiary alicyclic amines) is 1. The van der Waals surface area contributed by atoms with E-state index in [2.05, 4.69) is 5.32 Å². The van der Waals surface area contributed by atoms with E-state index in [0.717, 1.165) is 24.9 Å². The first-order chi connectivity index (χ1) is 10.9. The van der Waals surface area contributed by atoms with Crippen molar-refractivity contribution in [1.29, 1.82) is 0 Å². The van der Waals surface area contributed by atoms with Gasteiger partial charge >= 0.3 is 6.03 Å². The van der Waals surface area contributed by atoms with Gasteiger partial charge in [-0.15, -0.1) is 0 Å². The Morgan fingerprint density at radius 3 is 2.57 bits per heavy atom. The minimum absolute atomic E-state index is 0.0879. The second kappa shape index (κ2) is 6.13. The molecule has 0 aromatic heterocycles. The van der Waals surface area contributed by atoms with Crippen molar-refractivity contribution in [3.63, 3.8) is 0 Å². The van der Waals surface area contributed by atoms with E-state index in [1.807, 2.05) is 30.3 Å². The minimum Gasteiger partial charge on any atom is -0.324 e. The topological polar surface area (TPSA) is 69.7 Å². The maximum absolute atomic E-state index is 12.4. The molecular weight excluding hydrogens is 314 g/mol. The molecule has 2 heterocycles. The van der Waals surface area contributed by atoms with Crippen LogP contribution in [-0.2, 0) is 10.0 Å². The highest BCUT2D eigenvalue weighted by atomic mass is 32.2. The van der Waals surface area contributed by atoms with Gasteiger partial charge in [0.15, 0.2) is 0 Å². The van der Waals surface area contributed by atoms with Crippen molar-refractivity contribution >= 4 is 21.7 Å². The molecule has 6 nitrogen and oxygen atoms in total. The summed E-state index contributed by atoms with van der Waals surface area (Å²) in [6.07, 6.45) is 3.97. The van der Waals surface area contributed by atoms with Crippen molar-refractivity contribution in [1.82, 2.24) is 9.21 Å². The number of para-hydroxylation sites is 1. The molecule has 1 spiro atoms. The number of anilines is 1. The summed E-state index contributed by atoms with van der Waals surface area (Å²) in [4.78, 5) is 14.2. The van der Waals surface area contributed by atoms with Gasteiger partial charge in [0.2, 0.25) is 10.0 Å². The van der Waals surface area contributed by atoms with Crippen LogP contribution >= 0.6 is 0 Å². The van der Waals surface area contributed by atoms with Crippen LogP contribution in [0, 0.1) is 5.41 Å². The van der Waals surface area contributed by atoms with Crippen molar-refractivity contribution < 1.29 is 13.2 Å². The molecule has 2 amide bonds. The Morgan fingerprint density at radius 2 is 1.87 bits per heavy atom. The Hall–Kier alpha value is -1.60. The fraction of sp³-hybridized carbons (Fsp3) is 0.562. The molecule has 3 rings (SSSR count). The van der Waals surface area contributed by atoms with Crippen molar-refractivity contribution in [2.45, 2.75) is 19.3 Å². The molecule has 2 aliphatic heterocycles. The Bertz CT molecular complexity index is 677. The normalized spacial score (nSPS) is 25.7. The smallest absolute Gasteiger partial charge is 0.321 e. The number of benzene rings is 1. The number of hydrogen-bond donors (Lipinski definition) is 1. The van der Waals surface area contributed by atoms with Crippen LogP contribution in [0.1, 0.15) is 19.3 Å². The number of sulfonamides is 1. The summed E-state index contributed by atoms with van der Waals surface area (Å²) in [6.45, 7) is 2.42. The molecule has 1 atom stereocenters. The molecule has 7 heteroatoms. The first kappa shape index (κ1) is 16.3. The summed E-state index contributed by atoms with van der Waals surface area (Å²) >= 11 is 0. The molecule has 2 saturated heterocycles. The number of carbonyl (C=O) groups is 1. The lowest BCUT2D eigenvalue weighted by molar-refractivity contribution is 0.152. The fourth-order valence-electron chi connectivity index (χ4n) is 3.61. The Balaban J connectivity index is 1.64. The highest BCUT2D eigenvalue weighted by molar-refractivity contribution is 7.88. The number of nitrogens with zero attached hydrogens (tertiary/aromatic N) is 2. The number of hydrogen-bond acceptors (Lipinski definition) is 3. The van der Waals surface area contributed by atoms with E-state index in [1.165, 1.54) is 6.26 Å². The van der Waals surface area contributed by atoms with Gasteiger partial charge in [0.25, 0.3) is 0 Å². The van der Waals surface area contributed by atoms with Crippen LogP contribution in [0.15, 0.2) is 30.3 Å². The molecule has 2 aliphatic rings. The SMILES string of the molecule is CS(=O)(=O)N1CCC[C@@]2(CCN(C(=O)Nc3ccccc3)C2)C1. The molecule has 126 valence electrons. The van der Waals surface area contributed by atoms with E-state index in [4.69, 9.17) is 0 Å². The van der Waals surface area contributed by atoms with E-state index in [0.29, 0.717) is 26.2 Å². The van der Waals surface area contributed by atoms with Gasteiger partial charge in [-0.1, -0.05) is 18.2 Å². The summed E-state index contributed by atoms with van der Waals surface area (Å²) in [5.74, 6) is 0. The lowest BCUT2D eigenvalue weighted by Gasteiger charge is -2.39. The molecule has 0 aliphatic carbocycles. The van der Waals surface area contributed by atoms with E-state index in [1.54, 1.807) is 9.21 Å². The van der Waals surface area contributed by atoms with Crippen LogP contribution in [0.3, 0.4) is 0 Å². The highest BCUT2D eigenvalue weighted by Crippen LogP contribution is 2.39. The largest absolute Gasteiger partial charge is 0.324 e. The zero-order valence-corrected chi connectivity index (χ0v) is 14.2. The average Bonchev–Trinajstić information content (AvgIpc) is 2.91. The summed E-state index contributed by atoms with van der Waals surface area (Å²) in [5.41, 5.74) is 0.690. The van der Waals surface area contributed by atoms with Gasteiger partial charge in [-0.25, -0.2) is 17.5 Å². The lowest BCUT2D eigenvalue weighted by atomic mass is 9.80. The van der Waals surface area contributed by atoms with Gasteiger partial charge in [-0.05, 0) is 31.4 Å². The van der Waals surface area contributed by atoms with Gasteiger partial charge in [0.05, 0.1) is 6.26 Å². The summed E-state index contributed by atoms with van der Waals surface area (Å²) in [6, 6.07) is 9.27. The van der Waals surface area contributed by atoms with E-state index >= 15 is 0 Å². The summed E-state index contributed by atoms with van der Waals surface area (Å²) in [5, 5.41) is 2.90. The van der Waals surface area contributed by atoms with Gasteiger partial charge in [-0.2, -0.15) is 0 Å². The first-order valence-electron chi connectivity index (χ1n) is 7.94. The number of amides is 2. The summed E-state index contributed by atoms with van der Waals surface area (Å²) in [7, 11) is -3.16. The Kier molecular flexibility index (Phi) is 4.33. The average molecular weight is 337 g/mol. The fourth-order valence-corrected chi connectivity index (χ4v) is 4.58. The van der Waals surface area contributed by atoms with Crippen molar-refractivity contribution in [2.24, 2.45) is 5.41 Å². The van der Waals surface area contributed by atoms with Crippen LogP contribution in [0.5, 0.6) is 0 Å². The standard InChI is InChI=1S/C16H23N3O3S/c1-23(21,22)19-10-5-8-16(13-19)9-11-18(12-16)15(20)17-14-6-3-2-4-7-14/h2-4,6-7H,5,8-13H2,1H3,(H,17,20)/t16-/m0/s1.